The van der Waals surface area contributed by atoms with Crippen LogP contribution < -0.4 is 0 Å². The van der Waals surface area contributed by atoms with Crippen molar-refractivity contribution in [2.24, 2.45) is 0 Å². The zero-order valence-corrected chi connectivity index (χ0v) is 27.6. The molecule has 0 aliphatic rings. The van der Waals surface area contributed by atoms with Gasteiger partial charge in [-0.3, -0.25) is 4.79 Å². The van der Waals surface area contributed by atoms with Gasteiger partial charge in [-0.25, -0.2) is 0 Å². The maximum atomic E-state index is 11.5. The largest absolute Gasteiger partial charge is 0.519 e. The molecule has 0 radical (unpaired) electrons. The van der Waals surface area contributed by atoms with Crippen LogP contribution in [0.5, 0.6) is 0 Å². The number of allylic oxidation sites excluding steroid dienone is 1. The van der Waals surface area contributed by atoms with Gasteiger partial charge in [-0.15, -0.1) is 0 Å². The summed E-state index contributed by atoms with van der Waals surface area (Å²) in [6.45, 7) is 31.6. The molecular formula is C17H44O7Si6. The molecule has 0 aromatic heterocycles. The molecule has 0 spiro atoms. The molecule has 0 bridgehead atoms. The Kier molecular flexibility index (Phi) is 10.2. The third kappa shape index (κ3) is 13.7. The SMILES string of the molecule is C=C(O[Si](C)(C)O[Si](C)(C)O[Si](C)(C)O[Si](C)(C)O[Si](C)(C)O[Si](C)(C)C)C(C)=O. The van der Waals surface area contributed by atoms with Crippen LogP contribution in [0.1, 0.15) is 6.92 Å². The van der Waals surface area contributed by atoms with Gasteiger partial charge in [0.05, 0.1) is 0 Å². The minimum Gasteiger partial charge on any atom is -0.519 e. The molecule has 0 aliphatic heterocycles. The van der Waals surface area contributed by atoms with E-state index in [0.717, 1.165) is 0 Å². The van der Waals surface area contributed by atoms with E-state index in [1.165, 1.54) is 6.92 Å². The molecule has 0 aromatic rings. The second-order valence-electron chi connectivity index (χ2n) is 10.7. The molecule has 0 saturated heterocycles. The van der Waals surface area contributed by atoms with Crippen LogP contribution in [0.15, 0.2) is 12.3 Å². The number of Topliss-reactive ketones (excluding diaryl/α,β-unsaturated/α-hetero) is 1. The average molecular weight is 529 g/mol. The summed E-state index contributed by atoms with van der Waals surface area (Å²) in [7, 11) is -14.3. The predicted molar refractivity (Wildman–Crippen MR) is 137 cm³/mol. The minimum atomic E-state index is -2.63. The summed E-state index contributed by atoms with van der Waals surface area (Å²) in [6, 6.07) is 0. The van der Waals surface area contributed by atoms with Crippen LogP contribution in [0.25, 0.3) is 0 Å². The van der Waals surface area contributed by atoms with Gasteiger partial charge in [0.15, 0.2) is 14.1 Å². The van der Waals surface area contributed by atoms with E-state index in [0.29, 0.717) is 0 Å². The van der Waals surface area contributed by atoms with E-state index >= 15 is 0 Å². The van der Waals surface area contributed by atoms with Crippen molar-refractivity contribution in [1.29, 1.82) is 0 Å². The summed E-state index contributed by atoms with van der Waals surface area (Å²) in [5, 5.41) is 0. The second-order valence-corrected chi connectivity index (χ2v) is 33.2. The number of hydrogen-bond donors (Lipinski definition) is 0. The van der Waals surface area contributed by atoms with Gasteiger partial charge in [0, 0.05) is 6.92 Å². The molecule has 0 unspecified atom stereocenters. The Morgan fingerprint density at radius 3 is 1.07 bits per heavy atom. The van der Waals surface area contributed by atoms with Crippen molar-refractivity contribution in [3.8, 4) is 0 Å². The summed E-state index contributed by atoms with van der Waals surface area (Å²) in [5.41, 5.74) is 0. The molecule has 30 heavy (non-hydrogen) atoms. The first-order valence-corrected chi connectivity index (χ1v) is 27.7. The third-order valence-corrected chi connectivity index (χ3v) is 24.2. The lowest BCUT2D eigenvalue weighted by Gasteiger charge is -2.42. The normalized spacial score (nSPS) is 14.6. The highest BCUT2D eigenvalue weighted by Gasteiger charge is 2.47. The average Bonchev–Trinajstić information content (AvgIpc) is 2.26. The Morgan fingerprint density at radius 2 is 0.800 bits per heavy atom. The van der Waals surface area contributed by atoms with Gasteiger partial charge in [-0.05, 0) is 85.1 Å². The molecule has 0 heterocycles. The predicted octanol–water partition coefficient (Wildman–Crippen LogP) is 5.53. The highest BCUT2D eigenvalue weighted by atomic mass is 28.5. The first kappa shape index (κ1) is 30.3. The fraction of sp³-hybridized carbons (Fsp3) is 0.824. The quantitative estimate of drug-likeness (QED) is 0.177. The molecule has 0 N–H and O–H groups in total. The molecule has 0 amide bonds. The molecule has 0 aliphatic carbocycles. The van der Waals surface area contributed by atoms with Gasteiger partial charge < -0.3 is 25.0 Å². The van der Waals surface area contributed by atoms with Gasteiger partial charge in [0.1, 0.15) is 5.76 Å². The van der Waals surface area contributed by atoms with Crippen LogP contribution in [-0.2, 0) is 29.8 Å². The van der Waals surface area contributed by atoms with Crippen LogP contribution >= 0.6 is 0 Å². The van der Waals surface area contributed by atoms with Crippen molar-refractivity contribution in [2.45, 2.75) is 92.0 Å². The van der Waals surface area contributed by atoms with Crippen molar-refractivity contribution in [3.05, 3.63) is 12.3 Å². The van der Waals surface area contributed by atoms with Gasteiger partial charge in [0.2, 0.25) is 0 Å². The fourth-order valence-electron chi connectivity index (χ4n) is 3.58. The van der Waals surface area contributed by atoms with Crippen LogP contribution in [0, 0.1) is 0 Å². The summed E-state index contributed by atoms with van der Waals surface area (Å²) in [4.78, 5) is 11.5. The van der Waals surface area contributed by atoms with Gasteiger partial charge >= 0.3 is 42.8 Å². The Labute approximate surface area is 190 Å². The monoisotopic (exact) mass is 528 g/mol. The van der Waals surface area contributed by atoms with Crippen molar-refractivity contribution >= 4 is 56.9 Å². The zero-order chi connectivity index (χ0) is 24.4. The molecule has 0 aromatic carbocycles. The molecule has 7 nitrogen and oxygen atoms in total. The lowest BCUT2D eigenvalue weighted by Crippen LogP contribution is -2.60. The van der Waals surface area contributed by atoms with Crippen LogP contribution in [0.2, 0.25) is 85.1 Å². The van der Waals surface area contributed by atoms with E-state index < -0.39 is 51.1 Å². The Morgan fingerprint density at radius 1 is 0.533 bits per heavy atom. The zero-order valence-electron chi connectivity index (χ0n) is 21.6. The second kappa shape index (κ2) is 10.1. The van der Waals surface area contributed by atoms with E-state index in [4.69, 9.17) is 25.0 Å². The fourth-order valence-corrected chi connectivity index (χ4v) is 31.5. The van der Waals surface area contributed by atoms with Gasteiger partial charge in [-0.1, -0.05) is 6.58 Å². The topological polar surface area (TPSA) is 72.5 Å². The van der Waals surface area contributed by atoms with Crippen molar-refractivity contribution in [3.63, 3.8) is 0 Å². The molecule has 178 valence electrons. The summed E-state index contributed by atoms with van der Waals surface area (Å²) >= 11 is 0. The van der Waals surface area contributed by atoms with Crippen LogP contribution in [-0.4, -0.2) is 56.9 Å². The first-order valence-electron chi connectivity index (χ1n) is 10.3. The molecule has 0 fully saturated rings. The summed E-state index contributed by atoms with van der Waals surface area (Å²) in [5.74, 6) is -0.0735. The van der Waals surface area contributed by atoms with Gasteiger partial charge in [-0.2, -0.15) is 0 Å². The Balaban J connectivity index is 5.18. The molecule has 13 heteroatoms. The molecule has 0 atom stereocenters. The highest BCUT2D eigenvalue weighted by Crippen LogP contribution is 2.28. The molecule has 0 saturated carbocycles. The van der Waals surface area contributed by atoms with E-state index in [1.807, 2.05) is 52.4 Å². The maximum absolute atomic E-state index is 11.5. The molecular weight excluding hydrogens is 485 g/mol. The minimum absolute atomic E-state index is 0.126. The summed E-state index contributed by atoms with van der Waals surface area (Å²) < 4.78 is 37.8. The standard InChI is InChI=1S/C17H44O7Si6/c1-16(18)17(2)19-26(6,7)21-28(10,11)23-30(14,15)24-29(12,13)22-27(8,9)20-25(3,4)5/h2H2,1,3-15H3. The number of carbonyl (C=O) groups is 1. The van der Waals surface area contributed by atoms with E-state index in [9.17, 15) is 4.79 Å². The van der Waals surface area contributed by atoms with E-state index in [-0.39, 0.29) is 11.5 Å². The summed E-state index contributed by atoms with van der Waals surface area (Å²) in [6.07, 6.45) is 0. The van der Waals surface area contributed by atoms with Crippen molar-refractivity contribution in [2.75, 3.05) is 0 Å². The number of hydrogen-bond acceptors (Lipinski definition) is 7. The lowest BCUT2D eigenvalue weighted by molar-refractivity contribution is -0.115. The number of ketones is 1. The smallest absolute Gasteiger partial charge is 0.383 e. The van der Waals surface area contributed by atoms with Crippen LogP contribution in [0.4, 0.5) is 0 Å². The number of rotatable bonds is 13. The third-order valence-electron chi connectivity index (χ3n) is 3.28. The lowest BCUT2D eigenvalue weighted by atomic mass is 10.4. The number of carbonyl (C=O) groups excluding carboxylic acids is 1. The Hall–Kier alpha value is 0.311. The van der Waals surface area contributed by atoms with Crippen molar-refractivity contribution < 1.29 is 29.8 Å². The van der Waals surface area contributed by atoms with Crippen LogP contribution in [0.3, 0.4) is 0 Å². The van der Waals surface area contributed by atoms with Crippen molar-refractivity contribution in [1.82, 2.24) is 0 Å². The molecule has 0 rings (SSSR count). The highest BCUT2D eigenvalue weighted by molar-refractivity contribution is 6.90. The van der Waals surface area contributed by atoms with Gasteiger partial charge in [0.25, 0.3) is 0 Å². The maximum Gasteiger partial charge on any atom is 0.383 e. The van der Waals surface area contributed by atoms with E-state index in [2.05, 4.69) is 39.3 Å². The van der Waals surface area contributed by atoms with E-state index in [1.54, 1.807) is 0 Å². The first-order chi connectivity index (χ1) is 12.9. The Bertz CT molecular complexity index is 627.